The molecule has 3 heterocycles. The molecule has 6 aromatic rings. The fourth-order valence-electron chi connectivity index (χ4n) is 6.39. The third kappa shape index (κ3) is 7.36. The zero-order valence-electron chi connectivity index (χ0n) is 28.4. The number of halogens is 1. The van der Waals surface area contributed by atoms with E-state index in [1.807, 2.05) is 78.9 Å². The van der Waals surface area contributed by atoms with Gasteiger partial charge in [-0.05, 0) is 57.7 Å². The van der Waals surface area contributed by atoms with Gasteiger partial charge >= 0.3 is 20.3 Å². The average molecular weight is 739 g/mol. The molecule has 1 fully saturated rings. The molecule has 270 valence electrons. The van der Waals surface area contributed by atoms with Gasteiger partial charge in [0.15, 0.2) is 11.2 Å². The van der Waals surface area contributed by atoms with Crippen molar-refractivity contribution in [1.82, 2.24) is 19.5 Å². The lowest BCUT2D eigenvalue weighted by atomic mass is 9.80. The molecule has 4 aromatic carbocycles. The Morgan fingerprint density at radius 2 is 1.47 bits per heavy atom. The average Bonchev–Trinajstić information content (AvgIpc) is 3.79. The summed E-state index contributed by atoms with van der Waals surface area (Å²) >= 11 is 0. The number of carbonyl (C=O) groups is 1. The number of hydrogen-bond acceptors (Lipinski definition) is 12. The first-order chi connectivity index (χ1) is 25.8. The van der Waals surface area contributed by atoms with Crippen LogP contribution in [-0.4, -0.2) is 58.5 Å². The Balaban J connectivity index is 1.24. The number of imidazole rings is 1. The molecule has 0 spiro atoms. The van der Waals surface area contributed by atoms with Crippen molar-refractivity contribution in [2.75, 3.05) is 20.8 Å². The summed E-state index contributed by atoms with van der Waals surface area (Å²) in [6, 6.07) is 32.6. The van der Waals surface area contributed by atoms with E-state index < -0.39 is 44.3 Å². The molecule has 0 amide bonds. The second-order valence-corrected chi connectivity index (χ2v) is 12.6. The molecule has 1 unspecified atom stereocenters. The maximum atomic E-state index is 14.8. The van der Waals surface area contributed by atoms with Crippen LogP contribution in [0, 0.1) is 6.08 Å². The lowest BCUT2D eigenvalue weighted by molar-refractivity contribution is -0.192. The van der Waals surface area contributed by atoms with Gasteiger partial charge in [-0.1, -0.05) is 72.8 Å². The van der Waals surface area contributed by atoms with Crippen molar-refractivity contribution in [2.24, 2.45) is 0 Å². The van der Waals surface area contributed by atoms with E-state index in [4.69, 9.17) is 28.2 Å². The zero-order chi connectivity index (χ0) is 37.0. The molecule has 1 aliphatic rings. The molecule has 0 aliphatic carbocycles. The molecular formula is C38H32FN4O9P. The third-order valence-electron chi connectivity index (χ3n) is 8.91. The number of hydrogen-bond donors (Lipinski definition) is 0. The van der Waals surface area contributed by atoms with Crippen LogP contribution in [0.3, 0.4) is 0 Å². The van der Waals surface area contributed by atoms with Gasteiger partial charge in [0.2, 0.25) is 0 Å². The van der Waals surface area contributed by atoms with Crippen LogP contribution in [-0.2, 0) is 24.2 Å². The molecule has 4 atom stereocenters. The number of fused-ring (bicyclic) bond motifs is 1. The van der Waals surface area contributed by atoms with Crippen molar-refractivity contribution in [3.8, 4) is 17.4 Å². The van der Waals surface area contributed by atoms with Crippen molar-refractivity contribution >= 4 is 25.4 Å². The minimum atomic E-state index is -3.30. The number of benzene rings is 4. The van der Waals surface area contributed by atoms with E-state index in [1.54, 1.807) is 44.6 Å². The summed E-state index contributed by atoms with van der Waals surface area (Å²) in [4.78, 5) is 36.6. The number of methoxy groups -OCH3 is 2. The van der Waals surface area contributed by atoms with E-state index in [9.17, 15) is 18.6 Å². The van der Waals surface area contributed by atoms with Gasteiger partial charge < -0.3 is 28.6 Å². The standard InChI is InChI=1S/C38H32FN4O9P/c1-47-28-17-13-26(14-18-28)38(25-11-7-4-8-12-25,27-15-19-29(48-2)20-16-27)49-22-31-30(52-53(45)46)21-32(50-31)43-23-40-33-34(43)41-37(39)42-35(33)51-36(44)24-9-5-3-6-10-24/h3-20,23,30-32H,21-22H2,1-2H3/t30-,31+,32+/m0/s1. The van der Waals surface area contributed by atoms with E-state index in [-0.39, 0.29) is 35.6 Å². The minimum Gasteiger partial charge on any atom is -0.566 e. The Bertz CT molecular complexity index is 2160. The molecule has 15 heteroatoms. The summed E-state index contributed by atoms with van der Waals surface area (Å²) in [7, 11) is -0.145. The lowest BCUT2D eigenvalue weighted by Crippen LogP contribution is -2.38. The normalized spacial score (nSPS) is 17.4. The van der Waals surface area contributed by atoms with Gasteiger partial charge in [-0.3, -0.25) is 4.57 Å². The fourth-order valence-corrected chi connectivity index (χ4v) is 6.84. The van der Waals surface area contributed by atoms with Gasteiger partial charge in [-0.15, -0.1) is 4.52 Å². The van der Waals surface area contributed by atoms with Gasteiger partial charge in [-0.25, -0.2) is 9.78 Å². The van der Waals surface area contributed by atoms with Crippen LogP contribution < -0.4 is 19.1 Å². The van der Waals surface area contributed by atoms with Crippen molar-refractivity contribution in [3.05, 3.63) is 144 Å². The van der Waals surface area contributed by atoms with Crippen LogP contribution in [0.5, 0.6) is 17.4 Å². The molecular weight excluding hydrogens is 706 g/mol. The quantitative estimate of drug-likeness (QED) is 0.0599. The Hall–Kier alpha value is -5.63. The number of rotatable bonds is 13. The molecule has 0 bridgehead atoms. The molecule has 13 nitrogen and oxygen atoms in total. The summed E-state index contributed by atoms with van der Waals surface area (Å²) in [6.07, 6.45) is -2.75. The highest BCUT2D eigenvalue weighted by molar-refractivity contribution is 7.30. The highest BCUT2D eigenvalue weighted by atomic mass is 31.1. The topological polar surface area (TPSA) is 156 Å². The second kappa shape index (κ2) is 15.5. The molecule has 1 aliphatic heterocycles. The number of ether oxygens (including phenoxy) is 5. The van der Waals surface area contributed by atoms with Crippen molar-refractivity contribution in [2.45, 2.75) is 30.5 Å². The first kappa shape index (κ1) is 35.8. The minimum absolute atomic E-state index is 0.00301. The Labute approximate surface area is 303 Å². The molecule has 53 heavy (non-hydrogen) atoms. The number of nitrogens with zero attached hydrogens (tertiary/aromatic N) is 4. The highest BCUT2D eigenvalue weighted by Crippen LogP contribution is 2.44. The van der Waals surface area contributed by atoms with Crippen LogP contribution in [0.1, 0.15) is 39.7 Å². The molecule has 1 saturated heterocycles. The van der Waals surface area contributed by atoms with Crippen molar-refractivity contribution in [3.63, 3.8) is 0 Å². The van der Waals surface area contributed by atoms with Crippen LogP contribution >= 0.6 is 8.25 Å². The molecule has 0 saturated carbocycles. The van der Waals surface area contributed by atoms with Gasteiger partial charge in [0.05, 0.1) is 32.7 Å². The van der Waals surface area contributed by atoms with Gasteiger partial charge in [0.1, 0.15) is 35.5 Å². The summed E-state index contributed by atoms with van der Waals surface area (Å²) < 4.78 is 63.2. The van der Waals surface area contributed by atoms with E-state index >= 15 is 0 Å². The predicted octanol–water partition coefficient (Wildman–Crippen LogP) is 5.90. The van der Waals surface area contributed by atoms with Crippen molar-refractivity contribution < 1.29 is 46.9 Å². The van der Waals surface area contributed by atoms with E-state index in [0.29, 0.717) is 11.5 Å². The maximum absolute atomic E-state index is 14.8. The van der Waals surface area contributed by atoms with Crippen LogP contribution in [0.25, 0.3) is 11.2 Å². The smallest absolute Gasteiger partial charge is 0.488 e. The van der Waals surface area contributed by atoms with Gasteiger partial charge in [-0.2, -0.15) is 14.4 Å². The monoisotopic (exact) mass is 738 g/mol. The number of carbonyl (C=O) groups excluding carboxylic acids is 1. The Morgan fingerprint density at radius 1 is 0.887 bits per heavy atom. The summed E-state index contributed by atoms with van der Waals surface area (Å²) in [6.45, 7) is -0.160. The number of aromatic nitrogens is 4. The predicted molar refractivity (Wildman–Crippen MR) is 186 cm³/mol. The Morgan fingerprint density at radius 3 is 2.06 bits per heavy atom. The first-order valence-corrected chi connectivity index (χ1v) is 17.5. The van der Waals surface area contributed by atoms with Crippen LogP contribution in [0.2, 0.25) is 0 Å². The maximum Gasteiger partial charge on any atom is 0.488 e. The van der Waals surface area contributed by atoms with Crippen LogP contribution in [0.15, 0.2) is 116 Å². The lowest BCUT2D eigenvalue weighted by Gasteiger charge is -2.37. The summed E-state index contributed by atoms with van der Waals surface area (Å²) in [5.74, 6) is 0.133. The molecule has 0 N–H and O–H groups in total. The van der Waals surface area contributed by atoms with E-state index in [1.165, 1.54) is 10.9 Å². The molecule has 7 rings (SSSR count). The summed E-state index contributed by atoms with van der Waals surface area (Å²) in [5.41, 5.74) is 1.23. The first-order valence-electron chi connectivity index (χ1n) is 16.4. The fraction of sp³-hybridized carbons (Fsp3) is 0.211. The molecule has 2 aromatic heterocycles. The van der Waals surface area contributed by atoms with Gasteiger partial charge in [0, 0.05) is 6.42 Å². The van der Waals surface area contributed by atoms with E-state index in [2.05, 4.69) is 15.0 Å². The zero-order valence-corrected chi connectivity index (χ0v) is 29.3. The SMILES string of the molecule is COc1ccc(C(OC[C@H]2O[C@@H](n3cnc4c(OC(=O)c5ccccc5)nc(F)nc43)C[C@@H]2O[P+](=O)[O-])(c2ccccc2)c2ccc(OC)cc2)cc1. The number of esters is 1. The molecule has 0 radical (unpaired) electrons. The van der Waals surface area contributed by atoms with Gasteiger partial charge in [0.25, 0.3) is 5.88 Å². The second-order valence-electron chi connectivity index (χ2n) is 11.9. The highest BCUT2D eigenvalue weighted by Gasteiger charge is 2.45. The van der Waals surface area contributed by atoms with E-state index in [0.717, 1.165) is 16.7 Å². The van der Waals surface area contributed by atoms with Crippen molar-refractivity contribution in [1.29, 1.82) is 0 Å². The Kier molecular flexibility index (Phi) is 10.5. The summed E-state index contributed by atoms with van der Waals surface area (Å²) in [5, 5.41) is 0. The van der Waals surface area contributed by atoms with Crippen LogP contribution in [0.4, 0.5) is 4.39 Å². The largest absolute Gasteiger partial charge is 0.566 e. The third-order valence-corrected chi connectivity index (χ3v) is 9.35.